The molecule has 0 radical (unpaired) electrons. The van der Waals surface area contributed by atoms with E-state index in [1.807, 2.05) is 18.2 Å². The third kappa shape index (κ3) is 3.44. The first-order valence-electron chi connectivity index (χ1n) is 13.0. The highest BCUT2D eigenvalue weighted by Gasteiger charge is 2.32. The summed E-state index contributed by atoms with van der Waals surface area (Å²) in [5, 5.41) is 8.84. The maximum Gasteiger partial charge on any atom is 0.371 e. The summed E-state index contributed by atoms with van der Waals surface area (Å²) in [6.45, 7) is 8.29. The zero-order chi connectivity index (χ0) is 26.0. The van der Waals surface area contributed by atoms with Crippen LogP contribution in [0.2, 0.25) is 19.6 Å². The molecule has 0 N–H and O–H groups in total. The molecule has 2 aliphatic rings. The summed E-state index contributed by atoms with van der Waals surface area (Å²) in [5.74, 6) is 2.79. The average Bonchev–Trinajstić information content (AvgIpc) is 2.94. The summed E-state index contributed by atoms with van der Waals surface area (Å²) in [4.78, 5) is 0. The molecule has 2 aromatic heterocycles. The highest BCUT2D eigenvalue weighted by molar-refractivity contribution is 6.87. The van der Waals surface area contributed by atoms with Gasteiger partial charge in [0.25, 0.3) is 13.5 Å². The lowest BCUT2D eigenvalue weighted by Crippen LogP contribution is -2.62. The lowest BCUT2D eigenvalue weighted by atomic mass is 10.0. The quantitative estimate of drug-likeness (QED) is 0.165. The molecule has 0 unspecified atom stereocenters. The van der Waals surface area contributed by atoms with Crippen molar-refractivity contribution in [2.45, 2.75) is 33.1 Å². The van der Waals surface area contributed by atoms with Crippen LogP contribution in [-0.4, -0.2) is 15.2 Å². The van der Waals surface area contributed by atoms with Gasteiger partial charge in [-0.25, -0.2) is 0 Å². The second-order valence-electron chi connectivity index (χ2n) is 11.0. The third-order valence-corrected chi connectivity index (χ3v) is 9.59. The molecule has 4 heterocycles. The summed E-state index contributed by atoms with van der Waals surface area (Å²) in [7, 11) is 0.295. The number of methoxy groups -OCH3 is 1. The van der Waals surface area contributed by atoms with Crippen molar-refractivity contribution in [3.8, 4) is 17.4 Å². The summed E-state index contributed by atoms with van der Waals surface area (Å²) in [6.07, 6.45) is 0. The number of hydrogen-bond donors (Lipinski definition) is 0. The van der Waals surface area contributed by atoms with E-state index in [2.05, 4.69) is 95.5 Å². The van der Waals surface area contributed by atoms with Crippen molar-refractivity contribution in [1.82, 2.24) is 0 Å². The Bertz CT molecular complexity index is 1910. The fourth-order valence-electron chi connectivity index (χ4n) is 5.88. The number of benzene rings is 4. The second kappa shape index (κ2) is 8.43. The average molecular weight is 519 g/mol. The van der Waals surface area contributed by atoms with Crippen LogP contribution < -0.4 is 28.7 Å². The number of nitrogens with zero attached hydrogens (tertiary/aromatic N) is 2. The molecule has 0 aliphatic carbocycles. The third-order valence-electron chi connectivity index (χ3n) is 7.62. The molecule has 0 fully saturated rings. The molecule has 0 saturated heterocycles. The van der Waals surface area contributed by atoms with Crippen LogP contribution in [0.5, 0.6) is 17.4 Å². The van der Waals surface area contributed by atoms with E-state index in [4.69, 9.17) is 14.2 Å². The number of pyridine rings is 2. The largest absolute Gasteiger partial charge is 0.448 e. The molecule has 38 heavy (non-hydrogen) atoms. The van der Waals surface area contributed by atoms with Gasteiger partial charge in [0, 0.05) is 10.8 Å². The maximum absolute atomic E-state index is 6.01. The lowest BCUT2D eigenvalue weighted by molar-refractivity contribution is -0.706. The molecule has 5 nitrogen and oxygen atoms in total. The Morgan fingerprint density at radius 1 is 0.605 bits per heavy atom. The Labute approximate surface area is 222 Å². The van der Waals surface area contributed by atoms with Crippen molar-refractivity contribution in [1.29, 1.82) is 0 Å². The van der Waals surface area contributed by atoms with Gasteiger partial charge in [0.1, 0.15) is 11.5 Å². The summed E-state index contributed by atoms with van der Waals surface area (Å²) < 4.78 is 21.7. The van der Waals surface area contributed by atoms with Gasteiger partial charge >= 0.3 is 5.88 Å². The minimum atomic E-state index is -1.39. The summed E-state index contributed by atoms with van der Waals surface area (Å²) >= 11 is 0. The number of rotatable bonds is 2. The topological polar surface area (TPSA) is 35.5 Å². The molecule has 0 bridgehead atoms. The van der Waals surface area contributed by atoms with Gasteiger partial charge in [-0.15, -0.1) is 4.57 Å². The van der Waals surface area contributed by atoms with Crippen molar-refractivity contribution >= 4 is 56.7 Å². The first-order valence-corrected chi connectivity index (χ1v) is 16.5. The van der Waals surface area contributed by atoms with Crippen LogP contribution in [0.4, 0.5) is 0 Å². The molecule has 8 rings (SSSR count). The number of ether oxygens (including phenoxy) is 3. The highest BCUT2D eigenvalue weighted by atomic mass is 28.3. The van der Waals surface area contributed by atoms with E-state index < -0.39 is 8.07 Å². The van der Waals surface area contributed by atoms with Crippen molar-refractivity contribution in [3.05, 3.63) is 84.9 Å². The van der Waals surface area contributed by atoms with Gasteiger partial charge in [-0.2, -0.15) is 4.57 Å². The zero-order valence-electron chi connectivity index (χ0n) is 22.1. The molecule has 0 amide bonds. The SMILES string of the molecule is COc1ccc2ccc3cccc4c3c2[n+]1CO4.C[Si](C)(C)c1ccc2ccc3cccc4c3c2[n+]1CO4. The Kier molecular flexibility index (Phi) is 5.10. The highest BCUT2D eigenvalue weighted by Crippen LogP contribution is 2.35. The Balaban J connectivity index is 0.000000128. The van der Waals surface area contributed by atoms with Gasteiger partial charge < -0.3 is 14.2 Å². The van der Waals surface area contributed by atoms with Crippen LogP contribution in [0.25, 0.3) is 43.4 Å². The molecule has 2 aliphatic heterocycles. The smallest absolute Gasteiger partial charge is 0.371 e. The monoisotopic (exact) mass is 518 g/mol. The fraction of sp³-hybridized carbons (Fsp3) is 0.188. The number of aromatic nitrogens is 2. The van der Waals surface area contributed by atoms with E-state index in [1.165, 1.54) is 48.7 Å². The van der Waals surface area contributed by atoms with Crippen molar-refractivity contribution in [2.24, 2.45) is 0 Å². The van der Waals surface area contributed by atoms with E-state index in [0.717, 1.165) is 17.4 Å². The molecule has 0 spiro atoms. The molecular weight excluding hydrogens is 488 g/mol. The van der Waals surface area contributed by atoms with E-state index in [1.54, 1.807) is 7.11 Å². The molecule has 6 heteroatoms. The van der Waals surface area contributed by atoms with Crippen LogP contribution in [0.1, 0.15) is 0 Å². The normalized spacial score (nSPS) is 13.5. The van der Waals surface area contributed by atoms with E-state index in [-0.39, 0.29) is 0 Å². The Morgan fingerprint density at radius 2 is 1.11 bits per heavy atom. The molecule has 4 aromatic carbocycles. The van der Waals surface area contributed by atoms with Crippen molar-refractivity contribution < 1.29 is 23.3 Å². The van der Waals surface area contributed by atoms with Gasteiger partial charge in [0.05, 0.1) is 23.9 Å². The minimum absolute atomic E-state index is 0.497. The lowest BCUT2D eigenvalue weighted by Gasteiger charge is -2.21. The van der Waals surface area contributed by atoms with Crippen LogP contribution >= 0.6 is 0 Å². The van der Waals surface area contributed by atoms with Gasteiger partial charge in [-0.1, -0.05) is 56.0 Å². The Morgan fingerprint density at radius 3 is 1.68 bits per heavy atom. The van der Waals surface area contributed by atoms with E-state index in [9.17, 15) is 0 Å². The van der Waals surface area contributed by atoms with E-state index >= 15 is 0 Å². The van der Waals surface area contributed by atoms with Crippen LogP contribution in [0, 0.1) is 0 Å². The maximum atomic E-state index is 6.01. The van der Waals surface area contributed by atoms with Crippen LogP contribution in [-0.2, 0) is 13.5 Å². The van der Waals surface area contributed by atoms with Gasteiger partial charge in [0.2, 0.25) is 11.0 Å². The minimum Gasteiger partial charge on any atom is -0.448 e. The number of hydrogen-bond acceptors (Lipinski definition) is 3. The second-order valence-corrected chi connectivity index (χ2v) is 16.0. The van der Waals surface area contributed by atoms with Gasteiger partial charge in [-0.05, 0) is 53.2 Å². The zero-order valence-corrected chi connectivity index (χ0v) is 23.1. The first-order chi connectivity index (χ1) is 18.4. The first kappa shape index (κ1) is 23.0. The molecule has 0 saturated carbocycles. The van der Waals surface area contributed by atoms with Crippen LogP contribution in [0.3, 0.4) is 0 Å². The summed E-state index contributed by atoms with van der Waals surface area (Å²) in [6, 6.07) is 29.8. The molecule has 188 valence electrons. The summed E-state index contributed by atoms with van der Waals surface area (Å²) in [5.41, 5.74) is 2.53. The molecular formula is C32H30N2O3Si+2. The predicted molar refractivity (Wildman–Crippen MR) is 154 cm³/mol. The fourth-order valence-corrected chi connectivity index (χ4v) is 7.45. The Hall–Kier alpha value is -4.16. The van der Waals surface area contributed by atoms with E-state index in [0.29, 0.717) is 13.5 Å². The predicted octanol–water partition coefficient (Wildman–Crippen LogP) is 5.81. The standard InChI is InChI=1S/C17H18NOSi.C15H12NO2/c1-20(2,3)15-10-9-13-8-7-12-5-4-6-14-16(12)17(13)18(15)11-19-14;1-17-13-8-7-11-6-5-10-3-2-4-12-14(10)15(11)16(13)9-18-12/h4-10H,11H2,1-3H3;2-8H,9H2,1H3/q2*+1. The molecule has 0 atom stereocenters. The van der Waals surface area contributed by atoms with Crippen molar-refractivity contribution in [2.75, 3.05) is 7.11 Å². The van der Waals surface area contributed by atoms with Crippen LogP contribution in [0.15, 0.2) is 84.9 Å². The van der Waals surface area contributed by atoms with Gasteiger partial charge in [-0.3, -0.25) is 0 Å². The van der Waals surface area contributed by atoms with Gasteiger partial charge in [0.15, 0.2) is 13.4 Å². The van der Waals surface area contributed by atoms with Crippen molar-refractivity contribution in [3.63, 3.8) is 0 Å². The molecule has 6 aromatic rings.